The summed E-state index contributed by atoms with van der Waals surface area (Å²) in [6.45, 7) is 1.46. The van der Waals surface area contributed by atoms with Crippen LogP contribution in [0.25, 0.3) is 0 Å². The average Bonchev–Trinajstić information content (AvgIpc) is 2.01. The number of carbonyl (C=O) groups excluding carboxylic acids is 1. The van der Waals surface area contributed by atoms with E-state index in [0.717, 1.165) is 6.54 Å². The molecule has 11 heavy (non-hydrogen) atoms. The van der Waals surface area contributed by atoms with Crippen molar-refractivity contribution in [2.45, 2.75) is 12.8 Å². The van der Waals surface area contributed by atoms with Crippen molar-refractivity contribution in [3.63, 3.8) is 0 Å². The number of nitrogens with one attached hydrogen (secondary N) is 2. The predicted octanol–water partition coefficient (Wildman–Crippen LogP) is -0.265. The van der Waals surface area contributed by atoms with E-state index in [1.54, 1.807) is 0 Å². The molecule has 0 saturated carbocycles. The molecule has 0 fully saturated rings. The highest BCUT2D eigenvalue weighted by atomic mass is 16.1. The molecule has 62 valence electrons. The molecule has 0 bridgehead atoms. The molecule has 0 atom stereocenters. The van der Waals surface area contributed by atoms with Crippen LogP contribution < -0.4 is 10.6 Å². The molecule has 0 aromatic heterocycles. The molecule has 0 rings (SSSR count). The highest BCUT2D eigenvalue weighted by Crippen LogP contribution is 1.84. The zero-order chi connectivity index (χ0) is 8.53. The van der Waals surface area contributed by atoms with E-state index in [0.29, 0.717) is 19.4 Å². The number of likely N-dealkylation sites (N-methyl/N-ethyl adjacent to an activating group) is 1. The topological polar surface area (TPSA) is 41.1 Å². The standard InChI is InChI=1S/C8H14N2O/c1-3-4-5-8(11)10-7-6-9-2/h1,9H,4-7H2,2H3,(H,10,11). The Labute approximate surface area is 67.6 Å². The molecule has 3 nitrogen and oxygen atoms in total. The normalized spacial score (nSPS) is 8.73. The minimum atomic E-state index is 0.0261. The Kier molecular flexibility index (Phi) is 6.45. The fourth-order valence-corrected chi connectivity index (χ4v) is 0.601. The maximum absolute atomic E-state index is 10.8. The van der Waals surface area contributed by atoms with Gasteiger partial charge >= 0.3 is 0 Å². The van der Waals surface area contributed by atoms with Crippen molar-refractivity contribution < 1.29 is 4.79 Å². The molecular formula is C8H14N2O. The van der Waals surface area contributed by atoms with E-state index in [1.165, 1.54) is 0 Å². The molecular weight excluding hydrogens is 140 g/mol. The van der Waals surface area contributed by atoms with Gasteiger partial charge in [0.25, 0.3) is 0 Å². The third-order valence-electron chi connectivity index (χ3n) is 1.19. The van der Waals surface area contributed by atoms with Crippen LogP contribution in [0.15, 0.2) is 0 Å². The number of carbonyl (C=O) groups is 1. The Balaban J connectivity index is 3.17. The molecule has 2 N–H and O–H groups in total. The minimum Gasteiger partial charge on any atom is -0.355 e. The van der Waals surface area contributed by atoms with Gasteiger partial charge in [0.15, 0.2) is 0 Å². The van der Waals surface area contributed by atoms with Crippen LogP contribution in [0.4, 0.5) is 0 Å². The predicted molar refractivity (Wildman–Crippen MR) is 45.0 cm³/mol. The smallest absolute Gasteiger partial charge is 0.220 e. The molecule has 0 heterocycles. The summed E-state index contributed by atoms with van der Waals surface area (Å²) in [7, 11) is 1.84. The van der Waals surface area contributed by atoms with Crippen LogP contribution in [0.3, 0.4) is 0 Å². The molecule has 1 amide bonds. The zero-order valence-corrected chi connectivity index (χ0v) is 6.81. The summed E-state index contributed by atoms with van der Waals surface area (Å²) in [6.07, 6.45) is 5.94. The number of amides is 1. The second-order valence-corrected chi connectivity index (χ2v) is 2.16. The first kappa shape index (κ1) is 9.99. The summed E-state index contributed by atoms with van der Waals surface area (Å²) < 4.78 is 0. The molecule has 3 heteroatoms. The van der Waals surface area contributed by atoms with Crippen molar-refractivity contribution in [1.82, 2.24) is 10.6 Å². The summed E-state index contributed by atoms with van der Waals surface area (Å²) in [5.41, 5.74) is 0. The second-order valence-electron chi connectivity index (χ2n) is 2.16. The lowest BCUT2D eigenvalue weighted by molar-refractivity contribution is -0.120. The molecule has 0 aromatic rings. The van der Waals surface area contributed by atoms with Gasteiger partial charge in [-0.25, -0.2) is 0 Å². The van der Waals surface area contributed by atoms with Crippen molar-refractivity contribution in [3.8, 4) is 12.3 Å². The van der Waals surface area contributed by atoms with E-state index in [4.69, 9.17) is 6.42 Å². The first-order chi connectivity index (χ1) is 5.31. The lowest BCUT2D eigenvalue weighted by Gasteiger charge is -2.01. The molecule has 0 radical (unpaired) electrons. The van der Waals surface area contributed by atoms with Gasteiger partial charge in [-0.2, -0.15) is 0 Å². The summed E-state index contributed by atoms with van der Waals surface area (Å²) in [4.78, 5) is 10.8. The molecule has 0 aliphatic carbocycles. The summed E-state index contributed by atoms with van der Waals surface area (Å²) in [6, 6.07) is 0. The van der Waals surface area contributed by atoms with Crippen molar-refractivity contribution in [1.29, 1.82) is 0 Å². The minimum absolute atomic E-state index is 0.0261. The zero-order valence-electron chi connectivity index (χ0n) is 6.81. The quantitative estimate of drug-likeness (QED) is 0.423. The van der Waals surface area contributed by atoms with Gasteiger partial charge in [0.1, 0.15) is 0 Å². The summed E-state index contributed by atoms with van der Waals surface area (Å²) >= 11 is 0. The first-order valence-corrected chi connectivity index (χ1v) is 3.66. The number of hydrogen-bond donors (Lipinski definition) is 2. The Morgan fingerprint density at radius 1 is 1.55 bits per heavy atom. The highest BCUT2D eigenvalue weighted by molar-refractivity contribution is 5.76. The molecule has 0 aliphatic heterocycles. The van der Waals surface area contributed by atoms with Crippen LogP contribution in [-0.2, 0) is 4.79 Å². The molecule has 0 aliphatic rings. The van der Waals surface area contributed by atoms with Crippen molar-refractivity contribution in [2.75, 3.05) is 20.1 Å². The van der Waals surface area contributed by atoms with Crippen molar-refractivity contribution in [2.24, 2.45) is 0 Å². The van der Waals surface area contributed by atoms with Crippen molar-refractivity contribution >= 4 is 5.91 Å². The lowest BCUT2D eigenvalue weighted by Crippen LogP contribution is -2.30. The van der Waals surface area contributed by atoms with Gasteiger partial charge in [-0.3, -0.25) is 4.79 Å². The summed E-state index contributed by atoms with van der Waals surface area (Å²) in [5, 5.41) is 5.65. The van der Waals surface area contributed by atoms with Gasteiger partial charge in [-0.1, -0.05) is 0 Å². The van der Waals surface area contributed by atoms with Crippen LogP contribution in [0.5, 0.6) is 0 Å². The van der Waals surface area contributed by atoms with E-state index in [-0.39, 0.29) is 5.91 Å². The van der Waals surface area contributed by atoms with Crippen LogP contribution in [0.2, 0.25) is 0 Å². The van der Waals surface area contributed by atoms with E-state index in [2.05, 4.69) is 16.6 Å². The Morgan fingerprint density at radius 3 is 2.82 bits per heavy atom. The van der Waals surface area contributed by atoms with Crippen LogP contribution >= 0.6 is 0 Å². The molecule has 0 unspecified atom stereocenters. The van der Waals surface area contributed by atoms with Crippen molar-refractivity contribution in [3.05, 3.63) is 0 Å². The number of rotatable bonds is 5. The molecule has 0 aromatic carbocycles. The fourth-order valence-electron chi connectivity index (χ4n) is 0.601. The lowest BCUT2D eigenvalue weighted by atomic mass is 10.3. The van der Waals surface area contributed by atoms with E-state index in [9.17, 15) is 4.79 Å². The second kappa shape index (κ2) is 7.10. The number of hydrogen-bond acceptors (Lipinski definition) is 2. The van der Waals surface area contributed by atoms with Gasteiger partial charge in [0.2, 0.25) is 5.91 Å². The summed E-state index contributed by atoms with van der Waals surface area (Å²) in [5.74, 6) is 2.44. The van der Waals surface area contributed by atoms with Crippen LogP contribution in [-0.4, -0.2) is 26.0 Å². The Hall–Kier alpha value is -1.01. The van der Waals surface area contributed by atoms with E-state index in [1.807, 2.05) is 7.05 Å². The third kappa shape index (κ3) is 6.88. The van der Waals surface area contributed by atoms with Gasteiger partial charge < -0.3 is 10.6 Å². The molecule has 0 spiro atoms. The SMILES string of the molecule is C#CCCC(=O)NCCNC. The maximum Gasteiger partial charge on any atom is 0.220 e. The fraction of sp³-hybridized carbons (Fsp3) is 0.625. The molecule has 0 saturated heterocycles. The first-order valence-electron chi connectivity index (χ1n) is 3.66. The van der Waals surface area contributed by atoms with Crippen LogP contribution in [0.1, 0.15) is 12.8 Å². The maximum atomic E-state index is 10.8. The van der Waals surface area contributed by atoms with Gasteiger partial charge in [0.05, 0.1) is 0 Å². The van der Waals surface area contributed by atoms with Gasteiger partial charge in [0, 0.05) is 25.9 Å². The Bertz CT molecular complexity index is 149. The largest absolute Gasteiger partial charge is 0.355 e. The van der Waals surface area contributed by atoms with E-state index < -0.39 is 0 Å². The van der Waals surface area contributed by atoms with Crippen LogP contribution in [0, 0.1) is 12.3 Å². The van der Waals surface area contributed by atoms with E-state index >= 15 is 0 Å². The van der Waals surface area contributed by atoms with Gasteiger partial charge in [-0.05, 0) is 7.05 Å². The highest BCUT2D eigenvalue weighted by Gasteiger charge is 1.96. The average molecular weight is 154 g/mol. The van der Waals surface area contributed by atoms with Gasteiger partial charge in [-0.15, -0.1) is 12.3 Å². The third-order valence-corrected chi connectivity index (χ3v) is 1.19. The number of terminal acetylenes is 1. The monoisotopic (exact) mass is 154 g/mol. The Morgan fingerprint density at radius 2 is 2.27 bits per heavy atom.